The SMILES string of the molecule is COc1cccc(C(=O)OC(C)C(=O)N2CCc3ccccc32)c1O. The fraction of sp³-hybridized carbons (Fsp3) is 0.263. The van der Waals surface area contributed by atoms with Crippen molar-refractivity contribution in [2.45, 2.75) is 19.4 Å². The molecule has 2 aromatic carbocycles. The van der Waals surface area contributed by atoms with Crippen molar-refractivity contribution in [2.75, 3.05) is 18.6 Å². The Morgan fingerprint density at radius 1 is 1.16 bits per heavy atom. The van der Waals surface area contributed by atoms with Crippen molar-refractivity contribution in [3.63, 3.8) is 0 Å². The maximum atomic E-state index is 12.6. The molecule has 1 aliphatic rings. The number of amides is 1. The summed E-state index contributed by atoms with van der Waals surface area (Å²) in [6, 6.07) is 12.2. The number of carbonyl (C=O) groups excluding carboxylic acids is 2. The molecular formula is C19H19NO5. The monoisotopic (exact) mass is 341 g/mol. The van der Waals surface area contributed by atoms with Gasteiger partial charge in [-0.25, -0.2) is 4.79 Å². The lowest BCUT2D eigenvalue weighted by Crippen LogP contribution is -2.39. The van der Waals surface area contributed by atoms with Gasteiger partial charge in [-0.05, 0) is 37.1 Å². The zero-order valence-corrected chi connectivity index (χ0v) is 14.1. The summed E-state index contributed by atoms with van der Waals surface area (Å²) >= 11 is 0. The first-order valence-electron chi connectivity index (χ1n) is 7.99. The summed E-state index contributed by atoms with van der Waals surface area (Å²) in [5, 5.41) is 10.0. The van der Waals surface area contributed by atoms with Crippen LogP contribution >= 0.6 is 0 Å². The quantitative estimate of drug-likeness (QED) is 0.865. The molecule has 0 aliphatic carbocycles. The molecule has 0 bridgehead atoms. The lowest BCUT2D eigenvalue weighted by Gasteiger charge is -2.22. The van der Waals surface area contributed by atoms with Gasteiger partial charge in [0.15, 0.2) is 17.6 Å². The summed E-state index contributed by atoms with van der Waals surface area (Å²) in [6.45, 7) is 2.09. The van der Waals surface area contributed by atoms with Crippen molar-refractivity contribution in [2.24, 2.45) is 0 Å². The molecule has 0 saturated carbocycles. The van der Waals surface area contributed by atoms with Crippen LogP contribution in [0.4, 0.5) is 5.69 Å². The number of phenolic OH excluding ortho intramolecular Hbond substituents is 1. The minimum absolute atomic E-state index is 0.0409. The Hall–Kier alpha value is -3.02. The van der Waals surface area contributed by atoms with E-state index < -0.39 is 12.1 Å². The van der Waals surface area contributed by atoms with Crippen molar-refractivity contribution < 1.29 is 24.2 Å². The summed E-state index contributed by atoms with van der Waals surface area (Å²) in [5.41, 5.74) is 1.90. The number of benzene rings is 2. The van der Waals surface area contributed by atoms with E-state index in [0.29, 0.717) is 6.54 Å². The molecule has 2 aromatic rings. The number of hydrogen-bond donors (Lipinski definition) is 1. The van der Waals surface area contributed by atoms with Gasteiger partial charge in [-0.3, -0.25) is 4.79 Å². The number of phenols is 1. The van der Waals surface area contributed by atoms with Gasteiger partial charge >= 0.3 is 5.97 Å². The number of rotatable bonds is 4. The first-order chi connectivity index (χ1) is 12.0. The maximum absolute atomic E-state index is 12.6. The summed E-state index contributed by atoms with van der Waals surface area (Å²) in [5.74, 6) is -1.20. The highest BCUT2D eigenvalue weighted by Gasteiger charge is 2.30. The van der Waals surface area contributed by atoms with Crippen LogP contribution in [0.15, 0.2) is 42.5 Å². The van der Waals surface area contributed by atoms with E-state index in [0.717, 1.165) is 17.7 Å². The number of nitrogens with zero attached hydrogens (tertiary/aromatic N) is 1. The van der Waals surface area contributed by atoms with Crippen LogP contribution < -0.4 is 9.64 Å². The predicted octanol–water partition coefficient (Wildman–Crippen LogP) is 2.54. The average molecular weight is 341 g/mol. The van der Waals surface area contributed by atoms with E-state index in [-0.39, 0.29) is 23.0 Å². The molecule has 25 heavy (non-hydrogen) atoms. The molecule has 0 spiro atoms. The third-order valence-corrected chi connectivity index (χ3v) is 4.22. The zero-order valence-electron chi connectivity index (χ0n) is 14.1. The van der Waals surface area contributed by atoms with E-state index >= 15 is 0 Å². The molecule has 0 saturated heterocycles. The van der Waals surface area contributed by atoms with Crippen molar-refractivity contribution >= 4 is 17.6 Å². The molecule has 1 N–H and O–H groups in total. The highest BCUT2D eigenvalue weighted by molar-refractivity contribution is 6.01. The summed E-state index contributed by atoms with van der Waals surface area (Å²) in [7, 11) is 1.39. The van der Waals surface area contributed by atoms with Gasteiger partial charge in [-0.15, -0.1) is 0 Å². The third-order valence-electron chi connectivity index (χ3n) is 4.22. The Morgan fingerprint density at radius 3 is 2.68 bits per heavy atom. The number of anilines is 1. The van der Waals surface area contributed by atoms with Crippen LogP contribution in [0.1, 0.15) is 22.8 Å². The average Bonchev–Trinajstić information content (AvgIpc) is 3.05. The smallest absolute Gasteiger partial charge is 0.342 e. The Bertz CT molecular complexity index is 817. The maximum Gasteiger partial charge on any atom is 0.342 e. The second-order valence-corrected chi connectivity index (χ2v) is 5.77. The lowest BCUT2D eigenvalue weighted by atomic mass is 10.2. The molecule has 1 heterocycles. The molecular weight excluding hydrogens is 322 g/mol. The molecule has 1 amide bonds. The van der Waals surface area contributed by atoms with Crippen molar-refractivity contribution in [3.05, 3.63) is 53.6 Å². The first kappa shape index (κ1) is 16.8. The number of carbonyl (C=O) groups is 2. The molecule has 1 unspecified atom stereocenters. The third kappa shape index (κ3) is 3.15. The predicted molar refractivity (Wildman–Crippen MR) is 92.0 cm³/mol. The van der Waals surface area contributed by atoms with E-state index in [2.05, 4.69) is 0 Å². The fourth-order valence-electron chi connectivity index (χ4n) is 2.91. The van der Waals surface area contributed by atoms with Crippen LogP contribution in [0, 0.1) is 0 Å². The topological polar surface area (TPSA) is 76.1 Å². The van der Waals surface area contributed by atoms with Gasteiger partial charge in [-0.2, -0.15) is 0 Å². The normalized spacial score (nSPS) is 13.9. The Balaban J connectivity index is 1.73. The highest BCUT2D eigenvalue weighted by Crippen LogP contribution is 2.31. The molecule has 0 fully saturated rings. The number of para-hydroxylation sites is 2. The van der Waals surface area contributed by atoms with Gasteiger partial charge in [0, 0.05) is 12.2 Å². The molecule has 3 rings (SSSR count). The van der Waals surface area contributed by atoms with E-state index in [4.69, 9.17) is 9.47 Å². The highest BCUT2D eigenvalue weighted by atomic mass is 16.5. The molecule has 130 valence electrons. The first-order valence-corrected chi connectivity index (χ1v) is 7.99. The number of methoxy groups -OCH3 is 1. The van der Waals surface area contributed by atoms with Crippen molar-refractivity contribution in [1.29, 1.82) is 0 Å². The van der Waals surface area contributed by atoms with Gasteiger partial charge in [-0.1, -0.05) is 24.3 Å². The van der Waals surface area contributed by atoms with Gasteiger partial charge in [0.2, 0.25) is 0 Å². The van der Waals surface area contributed by atoms with Crippen LogP contribution in [-0.4, -0.2) is 36.7 Å². The van der Waals surface area contributed by atoms with Crippen molar-refractivity contribution in [1.82, 2.24) is 0 Å². The minimum atomic E-state index is -0.968. The minimum Gasteiger partial charge on any atom is -0.504 e. The summed E-state index contributed by atoms with van der Waals surface area (Å²) < 4.78 is 10.2. The summed E-state index contributed by atoms with van der Waals surface area (Å²) in [4.78, 5) is 26.6. The van der Waals surface area contributed by atoms with Crippen LogP contribution in [-0.2, 0) is 16.0 Å². The Labute approximate surface area is 145 Å². The van der Waals surface area contributed by atoms with Gasteiger partial charge in [0.05, 0.1) is 7.11 Å². The number of ether oxygens (including phenoxy) is 2. The number of esters is 1. The number of fused-ring (bicyclic) bond motifs is 1. The molecule has 6 nitrogen and oxygen atoms in total. The number of hydrogen-bond acceptors (Lipinski definition) is 5. The van der Waals surface area contributed by atoms with Crippen molar-refractivity contribution in [3.8, 4) is 11.5 Å². The second-order valence-electron chi connectivity index (χ2n) is 5.77. The Morgan fingerprint density at radius 2 is 1.92 bits per heavy atom. The fourth-order valence-corrected chi connectivity index (χ4v) is 2.91. The Kier molecular flexibility index (Phi) is 4.61. The van der Waals surface area contributed by atoms with Gasteiger partial charge in [0.1, 0.15) is 5.56 Å². The van der Waals surface area contributed by atoms with E-state index in [9.17, 15) is 14.7 Å². The van der Waals surface area contributed by atoms with E-state index in [1.54, 1.807) is 11.0 Å². The molecule has 6 heteroatoms. The zero-order chi connectivity index (χ0) is 18.0. The second kappa shape index (κ2) is 6.84. The van der Waals surface area contributed by atoms with Gasteiger partial charge in [0.25, 0.3) is 5.91 Å². The van der Waals surface area contributed by atoms with Crippen LogP contribution in [0.25, 0.3) is 0 Å². The van der Waals surface area contributed by atoms with Crippen LogP contribution in [0.2, 0.25) is 0 Å². The van der Waals surface area contributed by atoms with Gasteiger partial charge < -0.3 is 19.5 Å². The molecule has 0 aromatic heterocycles. The molecule has 0 radical (unpaired) electrons. The largest absolute Gasteiger partial charge is 0.504 e. The number of aromatic hydroxyl groups is 1. The van der Waals surface area contributed by atoms with Crippen LogP contribution in [0.5, 0.6) is 11.5 Å². The van der Waals surface area contributed by atoms with Crippen LogP contribution in [0.3, 0.4) is 0 Å². The molecule has 1 atom stereocenters. The molecule has 1 aliphatic heterocycles. The standard InChI is InChI=1S/C19H19NO5/c1-12(18(22)20-11-10-13-6-3-4-8-15(13)20)25-19(23)14-7-5-9-16(24-2)17(14)21/h3-9,12,21H,10-11H2,1-2H3. The lowest BCUT2D eigenvalue weighted by molar-refractivity contribution is -0.126. The summed E-state index contributed by atoms with van der Waals surface area (Å²) in [6.07, 6.45) is -0.191. The van der Waals surface area contributed by atoms with E-state index in [1.807, 2.05) is 24.3 Å². The van der Waals surface area contributed by atoms with E-state index in [1.165, 1.54) is 26.2 Å².